The Kier molecular flexibility index (Phi) is 4.47. The lowest BCUT2D eigenvalue weighted by atomic mass is 10.2. The zero-order valence-electron chi connectivity index (χ0n) is 11.1. The molecule has 0 atom stereocenters. The van der Waals surface area contributed by atoms with Crippen molar-refractivity contribution in [3.05, 3.63) is 58.9 Å². The third kappa shape index (κ3) is 3.02. The predicted octanol–water partition coefficient (Wildman–Crippen LogP) is 1.51. The molecule has 0 heterocycles. The van der Waals surface area contributed by atoms with E-state index in [0.29, 0.717) is 0 Å². The second-order valence-corrected chi connectivity index (χ2v) is 5.73. The molecule has 24 heavy (non-hydrogen) atoms. The molecule has 128 valence electrons. The topological polar surface area (TPSA) is 83.5 Å². The van der Waals surface area contributed by atoms with Crippen molar-refractivity contribution in [2.45, 2.75) is 4.90 Å². The molecule has 11 heteroatoms. The Bertz CT molecular complexity index is 896. The number of rotatable bonds is 4. The van der Waals surface area contributed by atoms with Crippen LogP contribution in [0.25, 0.3) is 0 Å². The number of carbonyl (C=O) groups excluding carboxylic acids is 1. The van der Waals surface area contributed by atoms with E-state index < -0.39 is 55.8 Å². The average Bonchev–Trinajstić information content (AvgIpc) is 2.51. The summed E-state index contributed by atoms with van der Waals surface area (Å²) in [5.41, 5.74) is -0.365. The largest absolute Gasteiger partial charge is 0.545 e. The Morgan fingerprint density at radius 2 is 1.25 bits per heavy atom. The first-order valence-electron chi connectivity index (χ1n) is 5.83. The highest BCUT2D eigenvalue weighted by atomic mass is 32.2. The predicted molar refractivity (Wildman–Crippen MR) is 64.8 cm³/mol. The van der Waals surface area contributed by atoms with Crippen molar-refractivity contribution in [1.82, 2.24) is 0 Å². The normalized spacial score (nSPS) is 11.4. The molecule has 0 amide bonds. The molecular formula is C13H4F5O5S-. The maximum Gasteiger partial charge on any atom is 0.345 e. The maximum atomic E-state index is 13.5. The summed E-state index contributed by atoms with van der Waals surface area (Å²) in [6, 6.07) is 3.26. The van der Waals surface area contributed by atoms with Gasteiger partial charge in [0.1, 0.15) is 5.75 Å². The van der Waals surface area contributed by atoms with Gasteiger partial charge in [0.15, 0.2) is 28.2 Å². The summed E-state index contributed by atoms with van der Waals surface area (Å²) < 4.78 is 93.9. The lowest BCUT2D eigenvalue weighted by Gasteiger charge is -2.11. The fourth-order valence-electron chi connectivity index (χ4n) is 1.62. The van der Waals surface area contributed by atoms with Gasteiger partial charge in [-0.2, -0.15) is 8.42 Å². The smallest absolute Gasteiger partial charge is 0.345 e. The molecular weight excluding hydrogens is 363 g/mol. The van der Waals surface area contributed by atoms with Gasteiger partial charge in [0.2, 0.25) is 5.82 Å². The molecule has 0 saturated heterocycles. The number of benzene rings is 2. The summed E-state index contributed by atoms with van der Waals surface area (Å²) in [5.74, 6) is -14.8. The summed E-state index contributed by atoms with van der Waals surface area (Å²) in [6.07, 6.45) is 0. The summed E-state index contributed by atoms with van der Waals surface area (Å²) in [6.45, 7) is 0. The van der Waals surface area contributed by atoms with Gasteiger partial charge in [-0.05, 0) is 29.8 Å². The van der Waals surface area contributed by atoms with Gasteiger partial charge in [-0.15, -0.1) is 0 Å². The van der Waals surface area contributed by atoms with Gasteiger partial charge in [-0.1, -0.05) is 0 Å². The Labute approximate surface area is 131 Å². The first-order valence-corrected chi connectivity index (χ1v) is 7.24. The number of carboxylic acids is 1. The van der Waals surface area contributed by atoms with Crippen LogP contribution in [0.1, 0.15) is 10.4 Å². The second kappa shape index (κ2) is 6.07. The van der Waals surface area contributed by atoms with E-state index in [1.807, 2.05) is 0 Å². The molecule has 0 aliphatic rings. The van der Waals surface area contributed by atoms with Crippen molar-refractivity contribution < 1.29 is 44.5 Å². The first-order chi connectivity index (χ1) is 11.1. The standard InChI is InChI=1S/C13H5F5O5S/c14-7-8(15)10(17)12(11(18)9(7)16)24(21,22)23-6-3-1-5(2-4-6)13(19)20/h1-4H,(H,19,20)/p-1. The van der Waals surface area contributed by atoms with Crippen molar-refractivity contribution in [1.29, 1.82) is 0 Å². The fourth-order valence-corrected chi connectivity index (χ4v) is 2.69. The molecule has 0 aliphatic heterocycles. The van der Waals surface area contributed by atoms with Crippen LogP contribution in [-0.2, 0) is 10.1 Å². The Morgan fingerprint density at radius 3 is 1.67 bits per heavy atom. The molecule has 0 spiro atoms. The first kappa shape index (κ1) is 17.7. The molecule has 2 aromatic carbocycles. The van der Waals surface area contributed by atoms with Gasteiger partial charge in [0.05, 0.1) is 5.97 Å². The molecule has 2 rings (SSSR count). The molecule has 0 aromatic heterocycles. The van der Waals surface area contributed by atoms with Crippen LogP contribution in [0.2, 0.25) is 0 Å². The molecule has 5 nitrogen and oxygen atoms in total. The number of halogens is 5. The summed E-state index contributed by atoms with van der Waals surface area (Å²) >= 11 is 0. The minimum Gasteiger partial charge on any atom is -0.545 e. The minimum atomic E-state index is -5.43. The molecule has 2 aromatic rings. The van der Waals surface area contributed by atoms with Gasteiger partial charge < -0.3 is 14.1 Å². The van der Waals surface area contributed by atoms with Crippen LogP contribution < -0.4 is 9.29 Å². The monoisotopic (exact) mass is 367 g/mol. The number of carbonyl (C=O) groups is 1. The van der Waals surface area contributed by atoms with Crippen LogP contribution in [0.4, 0.5) is 22.0 Å². The van der Waals surface area contributed by atoms with Crippen LogP contribution in [0.15, 0.2) is 29.2 Å². The number of carboxylic acid groups (broad SMARTS) is 1. The maximum absolute atomic E-state index is 13.5. The van der Waals surface area contributed by atoms with Crippen molar-refractivity contribution >= 4 is 16.1 Å². The lowest BCUT2D eigenvalue weighted by Crippen LogP contribution is -2.22. The van der Waals surface area contributed by atoms with Gasteiger partial charge in [-0.25, -0.2) is 22.0 Å². The van der Waals surface area contributed by atoms with E-state index in [0.717, 1.165) is 24.3 Å². The Morgan fingerprint density at radius 1 is 0.833 bits per heavy atom. The number of hydrogen-bond acceptors (Lipinski definition) is 5. The second-order valence-electron chi connectivity index (χ2n) is 4.25. The third-order valence-electron chi connectivity index (χ3n) is 2.72. The lowest BCUT2D eigenvalue weighted by molar-refractivity contribution is -0.255. The minimum absolute atomic E-state index is 0.365. The highest BCUT2D eigenvalue weighted by Crippen LogP contribution is 2.29. The van der Waals surface area contributed by atoms with Crippen molar-refractivity contribution in [3.8, 4) is 5.75 Å². The number of hydrogen-bond donors (Lipinski definition) is 0. The van der Waals surface area contributed by atoms with Crippen LogP contribution >= 0.6 is 0 Å². The van der Waals surface area contributed by atoms with Crippen LogP contribution in [0, 0.1) is 29.1 Å². The molecule has 0 saturated carbocycles. The summed E-state index contributed by atoms with van der Waals surface area (Å²) in [5, 5.41) is 10.5. The van der Waals surface area contributed by atoms with Gasteiger partial charge in [0, 0.05) is 0 Å². The molecule has 0 fully saturated rings. The van der Waals surface area contributed by atoms with Crippen LogP contribution in [0.3, 0.4) is 0 Å². The van der Waals surface area contributed by atoms with E-state index in [9.17, 15) is 40.3 Å². The SMILES string of the molecule is O=C([O-])c1ccc(OS(=O)(=O)c2c(F)c(F)c(F)c(F)c2F)cc1. The van der Waals surface area contributed by atoms with E-state index in [-0.39, 0.29) is 5.56 Å². The molecule has 0 N–H and O–H groups in total. The van der Waals surface area contributed by atoms with Gasteiger partial charge in [0.25, 0.3) is 0 Å². The fraction of sp³-hybridized carbons (Fsp3) is 0. The van der Waals surface area contributed by atoms with Crippen LogP contribution in [0.5, 0.6) is 5.75 Å². The van der Waals surface area contributed by atoms with E-state index in [1.165, 1.54) is 0 Å². The van der Waals surface area contributed by atoms with Crippen molar-refractivity contribution in [3.63, 3.8) is 0 Å². The average molecular weight is 367 g/mol. The highest BCUT2D eigenvalue weighted by molar-refractivity contribution is 7.87. The zero-order valence-corrected chi connectivity index (χ0v) is 12.0. The van der Waals surface area contributed by atoms with Gasteiger partial charge in [-0.3, -0.25) is 0 Å². The summed E-state index contributed by atoms with van der Waals surface area (Å²) in [7, 11) is -5.43. The van der Waals surface area contributed by atoms with Crippen molar-refractivity contribution in [2.75, 3.05) is 0 Å². The third-order valence-corrected chi connectivity index (χ3v) is 3.99. The van der Waals surface area contributed by atoms with E-state index in [1.54, 1.807) is 0 Å². The highest BCUT2D eigenvalue weighted by Gasteiger charge is 2.35. The van der Waals surface area contributed by atoms with E-state index >= 15 is 0 Å². The molecule has 0 unspecified atom stereocenters. The number of aromatic carboxylic acids is 1. The molecule has 0 bridgehead atoms. The van der Waals surface area contributed by atoms with E-state index in [4.69, 9.17) is 0 Å². The van der Waals surface area contributed by atoms with Crippen LogP contribution in [-0.4, -0.2) is 14.4 Å². The molecule has 0 aliphatic carbocycles. The summed E-state index contributed by atoms with van der Waals surface area (Å²) in [4.78, 5) is 8.36. The Hall–Kier alpha value is -2.69. The van der Waals surface area contributed by atoms with E-state index in [2.05, 4.69) is 4.18 Å². The van der Waals surface area contributed by atoms with Gasteiger partial charge >= 0.3 is 10.1 Å². The zero-order chi connectivity index (χ0) is 18.2. The Balaban J connectivity index is 2.50. The molecule has 0 radical (unpaired) electrons. The quantitative estimate of drug-likeness (QED) is 0.354. The van der Waals surface area contributed by atoms with Crippen molar-refractivity contribution in [2.24, 2.45) is 0 Å².